The van der Waals surface area contributed by atoms with E-state index in [1.165, 1.54) is 0 Å². The molecule has 1 aromatic carbocycles. The Morgan fingerprint density at radius 2 is 1.85 bits per heavy atom. The zero-order valence-corrected chi connectivity index (χ0v) is 13.1. The van der Waals surface area contributed by atoms with Crippen molar-refractivity contribution in [3.05, 3.63) is 63.7 Å². The van der Waals surface area contributed by atoms with Crippen molar-refractivity contribution in [2.75, 3.05) is 4.72 Å². The molecule has 0 fully saturated rings. The molecule has 4 nitrogen and oxygen atoms in total. The van der Waals surface area contributed by atoms with Gasteiger partial charge in [0.05, 0.1) is 16.8 Å². The Bertz CT molecular complexity index is 728. The molecule has 1 N–H and O–H groups in total. The number of hydrogen-bond acceptors (Lipinski definition) is 3. The van der Waals surface area contributed by atoms with Gasteiger partial charge >= 0.3 is 0 Å². The van der Waals surface area contributed by atoms with Gasteiger partial charge in [-0.15, -0.1) is 0 Å². The van der Waals surface area contributed by atoms with Crippen molar-refractivity contribution in [3.63, 3.8) is 0 Å². The van der Waals surface area contributed by atoms with Gasteiger partial charge < -0.3 is 0 Å². The van der Waals surface area contributed by atoms with Gasteiger partial charge in [-0.1, -0.05) is 30.3 Å². The second-order valence-electron chi connectivity index (χ2n) is 4.13. The number of benzene rings is 1. The molecule has 1 heterocycles. The van der Waals surface area contributed by atoms with Crippen molar-refractivity contribution < 1.29 is 8.42 Å². The second-order valence-corrected chi connectivity index (χ2v) is 6.51. The lowest BCUT2D eigenvalue weighted by molar-refractivity contribution is 0.609. The molecule has 1 aromatic heterocycles. The molecule has 0 amide bonds. The normalized spacial score (nSPS) is 11.7. The first-order valence-corrected chi connectivity index (χ1v) is 8.19. The molecule has 0 atom stereocenters. The van der Waals surface area contributed by atoms with Gasteiger partial charge in [0.1, 0.15) is 4.60 Å². The summed E-state index contributed by atoms with van der Waals surface area (Å²) in [6.07, 6.45) is 1.55. The van der Waals surface area contributed by atoms with Crippen LogP contribution in [0.4, 0.5) is 5.69 Å². The Hall–Kier alpha value is -1.66. The lowest BCUT2D eigenvalue weighted by Gasteiger charge is -2.07. The van der Waals surface area contributed by atoms with Crippen molar-refractivity contribution >= 4 is 37.7 Å². The summed E-state index contributed by atoms with van der Waals surface area (Å²) in [4.78, 5) is 4.14. The molecule has 0 saturated carbocycles. The van der Waals surface area contributed by atoms with Crippen LogP contribution in [-0.4, -0.2) is 13.4 Å². The maximum atomic E-state index is 12.0. The van der Waals surface area contributed by atoms with Crippen LogP contribution in [0.5, 0.6) is 0 Å². The lowest BCUT2D eigenvalue weighted by atomic mass is 10.2. The number of sulfonamides is 1. The fourth-order valence-electron chi connectivity index (χ4n) is 1.56. The number of aromatic nitrogens is 1. The van der Waals surface area contributed by atoms with E-state index in [9.17, 15) is 8.42 Å². The zero-order chi connectivity index (χ0) is 14.6. The van der Waals surface area contributed by atoms with Crippen LogP contribution < -0.4 is 4.72 Å². The van der Waals surface area contributed by atoms with Crippen molar-refractivity contribution in [1.82, 2.24) is 4.98 Å². The van der Waals surface area contributed by atoms with E-state index in [1.54, 1.807) is 25.1 Å². The van der Waals surface area contributed by atoms with Gasteiger partial charge in [0.15, 0.2) is 0 Å². The molecule has 0 unspecified atom stereocenters. The van der Waals surface area contributed by atoms with Crippen LogP contribution >= 0.6 is 15.9 Å². The second kappa shape index (κ2) is 6.19. The molecule has 104 valence electrons. The molecule has 2 aromatic rings. The minimum Gasteiger partial charge on any atom is -0.278 e. The highest BCUT2D eigenvalue weighted by molar-refractivity contribution is 9.10. The molecule has 0 radical (unpaired) electrons. The number of hydrogen-bond donors (Lipinski definition) is 1. The summed E-state index contributed by atoms with van der Waals surface area (Å²) >= 11 is 3.23. The molecule has 0 aliphatic rings. The van der Waals surface area contributed by atoms with Crippen LogP contribution in [0.1, 0.15) is 11.3 Å². The van der Waals surface area contributed by atoms with Crippen molar-refractivity contribution in [2.45, 2.75) is 6.92 Å². The monoisotopic (exact) mass is 352 g/mol. The molecular weight excluding hydrogens is 340 g/mol. The first-order valence-electron chi connectivity index (χ1n) is 5.85. The average Bonchev–Trinajstić information content (AvgIpc) is 2.41. The minimum absolute atomic E-state index is 0.464. The van der Waals surface area contributed by atoms with E-state index in [2.05, 4.69) is 25.6 Å². The number of pyridine rings is 1. The van der Waals surface area contributed by atoms with E-state index in [1.807, 2.05) is 30.3 Å². The quantitative estimate of drug-likeness (QED) is 0.855. The molecule has 0 saturated heterocycles. The first kappa shape index (κ1) is 14.7. The number of nitrogens with one attached hydrogen (secondary N) is 1. The molecule has 2 rings (SSSR count). The van der Waals surface area contributed by atoms with Gasteiger partial charge in [0.25, 0.3) is 10.0 Å². The van der Waals surface area contributed by atoms with Crippen LogP contribution in [0.25, 0.3) is 6.08 Å². The molecule has 0 spiro atoms. The summed E-state index contributed by atoms with van der Waals surface area (Å²) < 4.78 is 27.1. The largest absolute Gasteiger partial charge is 0.278 e. The Kier molecular flexibility index (Phi) is 4.57. The number of anilines is 1. The van der Waals surface area contributed by atoms with E-state index >= 15 is 0 Å². The predicted octanol–water partition coefficient (Wildman–Crippen LogP) is 3.57. The molecule has 0 aliphatic heterocycles. The van der Waals surface area contributed by atoms with E-state index < -0.39 is 10.0 Å². The average molecular weight is 353 g/mol. The van der Waals surface area contributed by atoms with Crippen LogP contribution in [0.2, 0.25) is 0 Å². The predicted molar refractivity (Wildman–Crippen MR) is 84.7 cm³/mol. The third kappa shape index (κ3) is 4.18. The fraction of sp³-hybridized carbons (Fsp3) is 0.0714. The summed E-state index contributed by atoms with van der Waals surface area (Å²) in [6.45, 7) is 1.74. The number of halogens is 1. The summed E-state index contributed by atoms with van der Waals surface area (Å²) in [7, 11) is -3.55. The molecule has 0 bridgehead atoms. The maximum absolute atomic E-state index is 12.0. The van der Waals surface area contributed by atoms with Crippen molar-refractivity contribution in [2.24, 2.45) is 0 Å². The summed E-state index contributed by atoms with van der Waals surface area (Å²) in [5.41, 5.74) is 1.89. The Balaban J connectivity index is 2.17. The molecule has 0 aliphatic carbocycles. The first-order chi connectivity index (χ1) is 9.46. The van der Waals surface area contributed by atoms with Gasteiger partial charge in [-0.25, -0.2) is 13.4 Å². The van der Waals surface area contributed by atoms with E-state index in [-0.39, 0.29) is 0 Å². The van der Waals surface area contributed by atoms with Gasteiger partial charge in [-0.2, -0.15) is 0 Å². The highest BCUT2D eigenvalue weighted by Crippen LogP contribution is 2.18. The van der Waals surface area contributed by atoms with Gasteiger partial charge in [0.2, 0.25) is 0 Å². The van der Waals surface area contributed by atoms with Crippen molar-refractivity contribution in [1.29, 1.82) is 0 Å². The summed E-state index contributed by atoms with van der Waals surface area (Å²) in [5, 5.41) is 1.14. The standard InChI is InChI=1S/C14H13BrN2O2S/c1-11-13(7-8-14(15)16-11)17-20(18,19)10-9-12-5-3-2-4-6-12/h2-10,17H,1H3/b10-9+. The van der Waals surface area contributed by atoms with Crippen LogP contribution in [0.15, 0.2) is 52.5 Å². The van der Waals surface area contributed by atoms with Gasteiger partial charge in [-0.05, 0) is 46.6 Å². The zero-order valence-electron chi connectivity index (χ0n) is 10.7. The maximum Gasteiger partial charge on any atom is 0.255 e. The number of aryl methyl sites for hydroxylation is 1. The third-order valence-corrected chi connectivity index (χ3v) is 3.98. The molecule has 6 heteroatoms. The van der Waals surface area contributed by atoms with E-state index in [0.717, 1.165) is 11.0 Å². The molecule has 20 heavy (non-hydrogen) atoms. The van der Waals surface area contributed by atoms with Gasteiger partial charge in [-0.3, -0.25) is 4.72 Å². The lowest BCUT2D eigenvalue weighted by Crippen LogP contribution is -2.10. The molecular formula is C14H13BrN2O2S. The SMILES string of the molecule is Cc1nc(Br)ccc1NS(=O)(=O)/C=C/c1ccccc1. The summed E-state index contributed by atoms with van der Waals surface area (Å²) in [6, 6.07) is 12.6. The van der Waals surface area contributed by atoms with Crippen molar-refractivity contribution in [3.8, 4) is 0 Å². The highest BCUT2D eigenvalue weighted by Gasteiger charge is 2.08. The number of nitrogens with zero attached hydrogens (tertiary/aromatic N) is 1. The summed E-state index contributed by atoms with van der Waals surface area (Å²) in [5.74, 6) is 0. The van der Waals surface area contributed by atoms with Gasteiger partial charge in [0, 0.05) is 0 Å². The minimum atomic E-state index is -3.55. The highest BCUT2D eigenvalue weighted by atomic mass is 79.9. The number of rotatable bonds is 4. The Labute approximate surface area is 126 Å². The fourth-order valence-corrected chi connectivity index (χ4v) is 2.88. The van der Waals surface area contributed by atoms with E-state index in [4.69, 9.17) is 0 Å². The van der Waals surface area contributed by atoms with E-state index in [0.29, 0.717) is 16.0 Å². The van der Waals surface area contributed by atoms with Crippen LogP contribution in [0.3, 0.4) is 0 Å². The smallest absolute Gasteiger partial charge is 0.255 e. The van der Waals surface area contributed by atoms with Crippen LogP contribution in [0, 0.1) is 6.92 Å². The van der Waals surface area contributed by atoms with Crippen LogP contribution in [-0.2, 0) is 10.0 Å². The Morgan fingerprint density at radius 3 is 2.50 bits per heavy atom. The Morgan fingerprint density at radius 1 is 1.15 bits per heavy atom. The topological polar surface area (TPSA) is 59.1 Å². The third-order valence-electron chi connectivity index (χ3n) is 2.54.